The van der Waals surface area contributed by atoms with Crippen molar-refractivity contribution in [3.63, 3.8) is 0 Å². The number of rotatable bonds is 6. The summed E-state index contributed by atoms with van der Waals surface area (Å²) >= 11 is 3.30. The van der Waals surface area contributed by atoms with Crippen molar-refractivity contribution in [3.8, 4) is 0 Å². The zero-order chi connectivity index (χ0) is 15.4. The molecule has 0 saturated carbocycles. The Hall–Kier alpha value is -0.600. The molecule has 114 valence electrons. The van der Waals surface area contributed by atoms with Crippen LogP contribution in [0.15, 0.2) is 29.2 Å². The largest absolute Gasteiger partial charge is 0.416 e. The molecule has 1 atom stereocenters. The topological polar surface area (TPSA) is 46.2 Å². The van der Waals surface area contributed by atoms with E-state index in [4.69, 9.17) is 0 Å². The lowest BCUT2D eigenvalue weighted by molar-refractivity contribution is -0.137. The molecule has 20 heavy (non-hydrogen) atoms. The van der Waals surface area contributed by atoms with Crippen molar-refractivity contribution in [2.45, 2.75) is 35.7 Å². The first-order chi connectivity index (χ1) is 9.16. The van der Waals surface area contributed by atoms with Crippen LogP contribution in [-0.2, 0) is 16.2 Å². The van der Waals surface area contributed by atoms with Crippen molar-refractivity contribution >= 4 is 26.0 Å². The molecule has 0 radical (unpaired) electrons. The lowest BCUT2D eigenvalue weighted by Crippen LogP contribution is -2.29. The Bertz CT molecular complexity index is 546. The van der Waals surface area contributed by atoms with Crippen LogP contribution in [0.4, 0.5) is 13.2 Å². The Morgan fingerprint density at radius 2 is 2.00 bits per heavy atom. The molecule has 0 aliphatic carbocycles. The highest BCUT2D eigenvalue weighted by Gasteiger charge is 2.31. The third kappa shape index (κ3) is 5.06. The van der Waals surface area contributed by atoms with Gasteiger partial charge in [0, 0.05) is 11.4 Å². The van der Waals surface area contributed by atoms with Crippen molar-refractivity contribution < 1.29 is 21.6 Å². The van der Waals surface area contributed by atoms with E-state index in [0.717, 1.165) is 31.0 Å². The van der Waals surface area contributed by atoms with Crippen LogP contribution in [0, 0.1) is 0 Å². The predicted octanol–water partition coefficient (Wildman–Crippen LogP) is 3.55. The summed E-state index contributed by atoms with van der Waals surface area (Å²) in [5.41, 5.74) is -0.982. The zero-order valence-electron chi connectivity index (χ0n) is 10.7. The molecule has 0 aromatic heterocycles. The molecule has 1 rings (SSSR count). The van der Waals surface area contributed by atoms with Crippen LogP contribution in [0.1, 0.15) is 25.3 Å². The first-order valence-electron chi connectivity index (χ1n) is 5.98. The monoisotopic (exact) mass is 373 g/mol. The molecular formula is C12H15BrF3NO2S. The van der Waals surface area contributed by atoms with Crippen LogP contribution < -0.4 is 4.72 Å². The quantitative estimate of drug-likeness (QED) is 0.775. The molecule has 0 bridgehead atoms. The number of nitrogens with one attached hydrogen (secondary N) is 1. The molecular weight excluding hydrogens is 359 g/mol. The Labute approximate surface area is 124 Å². The van der Waals surface area contributed by atoms with E-state index in [0.29, 0.717) is 6.07 Å². The summed E-state index contributed by atoms with van der Waals surface area (Å²) in [6, 6.07) is 3.68. The summed E-state index contributed by atoms with van der Waals surface area (Å²) in [6.07, 6.45) is -2.92. The lowest BCUT2D eigenvalue weighted by Gasteiger charge is -2.12. The Balaban J connectivity index is 2.88. The normalized spacial score (nSPS) is 14.2. The second-order valence-corrected chi connectivity index (χ2v) is 7.33. The van der Waals surface area contributed by atoms with E-state index in [9.17, 15) is 21.6 Å². The lowest BCUT2D eigenvalue weighted by atomic mass is 10.2. The molecule has 1 unspecified atom stereocenters. The number of hydrogen-bond donors (Lipinski definition) is 1. The summed E-state index contributed by atoms with van der Waals surface area (Å²) < 4.78 is 63.8. The smallest absolute Gasteiger partial charge is 0.210 e. The average molecular weight is 374 g/mol. The Kier molecular flexibility index (Phi) is 6.03. The summed E-state index contributed by atoms with van der Waals surface area (Å²) in [6.45, 7) is 2.09. The molecule has 8 heteroatoms. The first kappa shape index (κ1) is 17.5. The second-order valence-electron chi connectivity index (χ2n) is 4.26. The SMILES string of the molecule is CCCC(Br)CNS(=O)(=O)c1cccc(C(F)(F)F)c1. The molecule has 0 fully saturated rings. The minimum Gasteiger partial charge on any atom is -0.210 e. The minimum absolute atomic E-state index is 0.0481. The number of halogens is 4. The van der Waals surface area contributed by atoms with E-state index in [1.54, 1.807) is 0 Å². The van der Waals surface area contributed by atoms with E-state index in [1.807, 2.05) is 6.92 Å². The zero-order valence-corrected chi connectivity index (χ0v) is 13.1. The maximum absolute atomic E-state index is 12.5. The van der Waals surface area contributed by atoms with Gasteiger partial charge in [-0.15, -0.1) is 0 Å². The Morgan fingerprint density at radius 1 is 1.35 bits per heavy atom. The van der Waals surface area contributed by atoms with E-state index < -0.39 is 21.8 Å². The van der Waals surface area contributed by atoms with Crippen LogP contribution in [-0.4, -0.2) is 19.8 Å². The summed E-state index contributed by atoms with van der Waals surface area (Å²) in [5.74, 6) is 0. The average Bonchev–Trinajstić information content (AvgIpc) is 2.36. The molecule has 0 spiro atoms. The van der Waals surface area contributed by atoms with Gasteiger partial charge in [-0.3, -0.25) is 0 Å². The molecule has 0 aliphatic rings. The second kappa shape index (κ2) is 6.91. The summed E-state index contributed by atoms with van der Waals surface area (Å²) in [7, 11) is -3.94. The van der Waals surface area contributed by atoms with Gasteiger partial charge >= 0.3 is 6.18 Å². The molecule has 1 aromatic carbocycles. The maximum atomic E-state index is 12.5. The van der Waals surface area contributed by atoms with Gasteiger partial charge in [-0.2, -0.15) is 13.2 Å². The van der Waals surface area contributed by atoms with E-state index in [1.165, 1.54) is 0 Å². The van der Waals surface area contributed by atoms with Gasteiger partial charge in [0.15, 0.2) is 0 Å². The molecule has 0 amide bonds. The summed E-state index contributed by atoms with van der Waals surface area (Å²) in [4.78, 5) is -0.434. The van der Waals surface area contributed by atoms with Crippen LogP contribution >= 0.6 is 15.9 Å². The fourth-order valence-electron chi connectivity index (χ4n) is 1.54. The third-order valence-corrected chi connectivity index (χ3v) is 4.77. The highest BCUT2D eigenvalue weighted by molar-refractivity contribution is 9.09. The van der Waals surface area contributed by atoms with Crippen molar-refractivity contribution in [2.24, 2.45) is 0 Å². The molecule has 0 aliphatic heterocycles. The molecule has 1 N–H and O–H groups in total. The van der Waals surface area contributed by atoms with Gasteiger partial charge < -0.3 is 0 Å². The van der Waals surface area contributed by atoms with Gasteiger partial charge in [-0.1, -0.05) is 35.3 Å². The Morgan fingerprint density at radius 3 is 2.55 bits per heavy atom. The highest BCUT2D eigenvalue weighted by Crippen LogP contribution is 2.30. The van der Waals surface area contributed by atoms with Crippen molar-refractivity contribution in [1.29, 1.82) is 0 Å². The van der Waals surface area contributed by atoms with E-state index in [-0.39, 0.29) is 16.3 Å². The molecule has 1 aromatic rings. The van der Waals surface area contributed by atoms with Crippen molar-refractivity contribution in [1.82, 2.24) is 4.72 Å². The standard InChI is InChI=1S/C12H15BrF3NO2S/c1-2-4-10(13)8-17-20(18,19)11-6-3-5-9(7-11)12(14,15)16/h3,5-7,10,17H,2,4,8H2,1H3. The van der Waals surface area contributed by atoms with Crippen LogP contribution in [0.5, 0.6) is 0 Å². The van der Waals surface area contributed by atoms with Gasteiger partial charge in [0.05, 0.1) is 10.5 Å². The molecule has 3 nitrogen and oxygen atoms in total. The van der Waals surface area contributed by atoms with Gasteiger partial charge in [-0.05, 0) is 24.6 Å². The number of sulfonamides is 1. The fraction of sp³-hybridized carbons (Fsp3) is 0.500. The summed E-state index contributed by atoms with van der Waals surface area (Å²) in [5, 5.41) is 0. The van der Waals surface area contributed by atoms with Crippen LogP contribution in [0.2, 0.25) is 0 Å². The molecule has 0 heterocycles. The van der Waals surface area contributed by atoms with E-state index in [2.05, 4.69) is 20.7 Å². The van der Waals surface area contributed by atoms with Crippen LogP contribution in [0.3, 0.4) is 0 Å². The fourth-order valence-corrected chi connectivity index (χ4v) is 3.50. The van der Waals surface area contributed by atoms with Gasteiger partial charge in [-0.25, -0.2) is 13.1 Å². The maximum Gasteiger partial charge on any atom is 0.416 e. The van der Waals surface area contributed by atoms with Crippen LogP contribution in [0.25, 0.3) is 0 Å². The number of benzene rings is 1. The van der Waals surface area contributed by atoms with Gasteiger partial charge in [0.25, 0.3) is 0 Å². The predicted molar refractivity (Wildman–Crippen MR) is 74.3 cm³/mol. The first-order valence-corrected chi connectivity index (χ1v) is 8.37. The van der Waals surface area contributed by atoms with Crippen molar-refractivity contribution in [3.05, 3.63) is 29.8 Å². The number of alkyl halides is 4. The molecule has 0 saturated heterocycles. The van der Waals surface area contributed by atoms with Gasteiger partial charge in [0.2, 0.25) is 10.0 Å². The van der Waals surface area contributed by atoms with Crippen molar-refractivity contribution in [2.75, 3.05) is 6.54 Å². The van der Waals surface area contributed by atoms with E-state index >= 15 is 0 Å². The third-order valence-electron chi connectivity index (χ3n) is 2.57. The highest BCUT2D eigenvalue weighted by atomic mass is 79.9. The number of hydrogen-bond acceptors (Lipinski definition) is 2. The van der Waals surface area contributed by atoms with Gasteiger partial charge in [0.1, 0.15) is 0 Å². The minimum atomic E-state index is -4.56.